The van der Waals surface area contributed by atoms with Crippen molar-refractivity contribution in [2.75, 3.05) is 0 Å². The Balaban J connectivity index is 2.25. The molecule has 0 radical (unpaired) electrons. The number of fused-ring (bicyclic) bond motifs is 1. The Hall–Kier alpha value is -0.850. The van der Waals surface area contributed by atoms with Gasteiger partial charge in [0.1, 0.15) is 0 Å². The van der Waals surface area contributed by atoms with Gasteiger partial charge in [0, 0.05) is 11.3 Å². The smallest absolute Gasteiger partial charge is 0.159 e. The van der Waals surface area contributed by atoms with Crippen molar-refractivity contribution >= 4 is 5.78 Å². The second-order valence-electron chi connectivity index (χ2n) is 4.66. The van der Waals surface area contributed by atoms with Crippen molar-refractivity contribution in [2.45, 2.75) is 39.0 Å². The van der Waals surface area contributed by atoms with Gasteiger partial charge < -0.3 is 0 Å². The highest BCUT2D eigenvalue weighted by Crippen LogP contribution is 2.55. The molecule has 76 valence electrons. The molecule has 1 nitrogen and oxygen atoms in total. The third-order valence-electron chi connectivity index (χ3n) is 4.06. The average Bonchev–Trinajstić information content (AvgIpc) is 2.66. The van der Waals surface area contributed by atoms with Crippen LogP contribution in [-0.4, -0.2) is 5.78 Å². The van der Waals surface area contributed by atoms with Gasteiger partial charge in [0.25, 0.3) is 0 Å². The van der Waals surface area contributed by atoms with E-state index in [1.54, 1.807) is 0 Å². The van der Waals surface area contributed by atoms with Crippen LogP contribution in [0.2, 0.25) is 0 Å². The van der Waals surface area contributed by atoms with Gasteiger partial charge >= 0.3 is 0 Å². The zero-order valence-electron chi connectivity index (χ0n) is 8.88. The largest absolute Gasteiger partial charge is 0.295 e. The molecular formula is C13H18O. The van der Waals surface area contributed by atoms with E-state index in [-0.39, 0.29) is 5.41 Å². The lowest BCUT2D eigenvalue weighted by atomic mass is 9.73. The fraction of sp³-hybridized carbons (Fsp3) is 0.615. The van der Waals surface area contributed by atoms with Gasteiger partial charge in [-0.1, -0.05) is 18.1 Å². The van der Waals surface area contributed by atoms with Crippen LogP contribution in [0.25, 0.3) is 0 Å². The first-order valence-electron chi connectivity index (χ1n) is 5.54. The summed E-state index contributed by atoms with van der Waals surface area (Å²) in [6.45, 7) is 5.90. The van der Waals surface area contributed by atoms with Gasteiger partial charge in [0.2, 0.25) is 0 Å². The highest BCUT2D eigenvalue weighted by molar-refractivity contribution is 5.96. The van der Waals surface area contributed by atoms with Crippen molar-refractivity contribution in [3.05, 3.63) is 24.3 Å². The molecule has 2 rings (SSSR count). The van der Waals surface area contributed by atoms with E-state index in [0.717, 1.165) is 19.3 Å². The molecule has 0 aromatic heterocycles. The van der Waals surface area contributed by atoms with E-state index < -0.39 is 0 Å². The first kappa shape index (κ1) is 9.70. The van der Waals surface area contributed by atoms with Gasteiger partial charge in [0.15, 0.2) is 5.78 Å². The highest BCUT2D eigenvalue weighted by atomic mass is 16.1. The van der Waals surface area contributed by atoms with E-state index in [2.05, 4.69) is 13.5 Å². The number of allylic oxidation sites excluding steroid dienone is 3. The van der Waals surface area contributed by atoms with E-state index in [9.17, 15) is 4.79 Å². The van der Waals surface area contributed by atoms with Gasteiger partial charge in [-0.2, -0.15) is 0 Å². The Morgan fingerprint density at radius 2 is 2.50 bits per heavy atom. The van der Waals surface area contributed by atoms with E-state index in [0.29, 0.717) is 11.7 Å². The van der Waals surface area contributed by atoms with Crippen LogP contribution in [0, 0.1) is 11.3 Å². The zero-order chi connectivity index (χ0) is 10.2. The summed E-state index contributed by atoms with van der Waals surface area (Å²) in [5, 5.41) is 0. The summed E-state index contributed by atoms with van der Waals surface area (Å²) in [6.07, 6.45) is 9.54. The monoisotopic (exact) mass is 190 g/mol. The van der Waals surface area contributed by atoms with Crippen molar-refractivity contribution in [3.8, 4) is 0 Å². The number of carbonyl (C=O) groups excluding carboxylic acids is 1. The molecular weight excluding hydrogens is 172 g/mol. The lowest BCUT2D eigenvalue weighted by Gasteiger charge is -2.30. The molecule has 0 unspecified atom stereocenters. The molecule has 2 atom stereocenters. The first-order chi connectivity index (χ1) is 6.70. The predicted molar refractivity (Wildman–Crippen MR) is 58.0 cm³/mol. The topological polar surface area (TPSA) is 17.1 Å². The predicted octanol–water partition coefficient (Wildman–Crippen LogP) is 3.27. The van der Waals surface area contributed by atoms with Crippen molar-refractivity contribution in [2.24, 2.45) is 11.3 Å². The van der Waals surface area contributed by atoms with Crippen molar-refractivity contribution < 1.29 is 4.79 Å². The Morgan fingerprint density at radius 3 is 3.21 bits per heavy atom. The van der Waals surface area contributed by atoms with Gasteiger partial charge in [-0.3, -0.25) is 4.79 Å². The van der Waals surface area contributed by atoms with E-state index in [4.69, 9.17) is 0 Å². The molecule has 0 spiro atoms. The molecule has 2 aliphatic rings. The normalized spacial score (nSPS) is 35.6. The standard InChI is InChI=1S/C13H18O/c1-3-4-7-13-8-5-6-11(13)12(14)9-10(13)2/h3,9,11H,1,4-8H2,2H3/t11-,13+/m0/s1. The quantitative estimate of drug-likeness (QED) is 0.624. The SMILES string of the molecule is C=CCC[C@]12CCC[C@H]1C(=O)C=C2C. The average molecular weight is 190 g/mol. The van der Waals surface area contributed by atoms with Crippen LogP contribution in [0.1, 0.15) is 39.0 Å². The summed E-state index contributed by atoms with van der Waals surface area (Å²) >= 11 is 0. The molecule has 0 saturated heterocycles. The maximum Gasteiger partial charge on any atom is 0.159 e. The molecule has 1 saturated carbocycles. The molecule has 0 aliphatic heterocycles. The first-order valence-corrected chi connectivity index (χ1v) is 5.54. The van der Waals surface area contributed by atoms with Crippen molar-refractivity contribution in [3.63, 3.8) is 0 Å². The molecule has 0 aromatic carbocycles. The Labute approximate surface area is 85.9 Å². The van der Waals surface area contributed by atoms with Crippen LogP contribution < -0.4 is 0 Å². The minimum atomic E-state index is 0.227. The van der Waals surface area contributed by atoms with Gasteiger partial charge in [-0.05, 0) is 38.7 Å². The molecule has 0 heterocycles. The summed E-state index contributed by atoms with van der Waals surface area (Å²) in [7, 11) is 0. The lowest BCUT2D eigenvalue weighted by Crippen LogP contribution is -2.25. The summed E-state index contributed by atoms with van der Waals surface area (Å²) < 4.78 is 0. The fourth-order valence-corrected chi connectivity index (χ4v) is 3.27. The summed E-state index contributed by atoms with van der Waals surface area (Å²) in [4.78, 5) is 11.7. The maximum atomic E-state index is 11.7. The number of rotatable bonds is 3. The number of hydrogen-bond donors (Lipinski definition) is 0. The van der Waals surface area contributed by atoms with Crippen LogP contribution in [-0.2, 0) is 4.79 Å². The Morgan fingerprint density at radius 1 is 1.71 bits per heavy atom. The lowest BCUT2D eigenvalue weighted by molar-refractivity contribution is -0.119. The summed E-state index contributed by atoms with van der Waals surface area (Å²) in [6, 6.07) is 0. The van der Waals surface area contributed by atoms with Gasteiger partial charge in [-0.15, -0.1) is 6.58 Å². The van der Waals surface area contributed by atoms with Gasteiger partial charge in [-0.25, -0.2) is 0 Å². The summed E-state index contributed by atoms with van der Waals surface area (Å²) in [5.41, 5.74) is 1.55. The third kappa shape index (κ3) is 1.18. The van der Waals surface area contributed by atoms with E-state index >= 15 is 0 Å². The molecule has 1 fully saturated rings. The molecule has 0 aromatic rings. The van der Waals surface area contributed by atoms with Crippen LogP contribution in [0.3, 0.4) is 0 Å². The minimum absolute atomic E-state index is 0.227. The Kier molecular flexibility index (Phi) is 2.34. The maximum absolute atomic E-state index is 11.7. The molecule has 2 aliphatic carbocycles. The van der Waals surface area contributed by atoms with Crippen LogP contribution in [0.5, 0.6) is 0 Å². The van der Waals surface area contributed by atoms with Gasteiger partial charge in [0.05, 0.1) is 0 Å². The second-order valence-corrected chi connectivity index (χ2v) is 4.66. The van der Waals surface area contributed by atoms with E-state index in [1.807, 2.05) is 12.2 Å². The molecule has 0 N–H and O–H groups in total. The number of hydrogen-bond acceptors (Lipinski definition) is 1. The van der Waals surface area contributed by atoms with Crippen LogP contribution in [0.15, 0.2) is 24.3 Å². The molecule has 0 amide bonds. The number of ketones is 1. The molecule has 14 heavy (non-hydrogen) atoms. The van der Waals surface area contributed by atoms with Crippen molar-refractivity contribution in [1.82, 2.24) is 0 Å². The fourth-order valence-electron chi connectivity index (χ4n) is 3.27. The van der Waals surface area contributed by atoms with Crippen LogP contribution >= 0.6 is 0 Å². The van der Waals surface area contributed by atoms with Crippen molar-refractivity contribution in [1.29, 1.82) is 0 Å². The second kappa shape index (κ2) is 3.38. The molecule has 1 heteroatoms. The van der Waals surface area contributed by atoms with E-state index in [1.165, 1.54) is 18.4 Å². The zero-order valence-corrected chi connectivity index (χ0v) is 8.88. The third-order valence-corrected chi connectivity index (χ3v) is 4.06. The van der Waals surface area contributed by atoms with Crippen LogP contribution in [0.4, 0.5) is 0 Å². The summed E-state index contributed by atoms with van der Waals surface area (Å²) in [5.74, 6) is 0.687. The number of carbonyl (C=O) groups is 1. The Bertz CT molecular complexity index is 300. The highest BCUT2D eigenvalue weighted by Gasteiger charge is 2.49. The minimum Gasteiger partial charge on any atom is -0.295 e. The molecule has 0 bridgehead atoms.